The maximum Gasteiger partial charge on any atom is 0.273 e. The van der Waals surface area contributed by atoms with E-state index < -0.39 is 0 Å². The summed E-state index contributed by atoms with van der Waals surface area (Å²) in [6.45, 7) is 4.00. The summed E-state index contributed by atoms with van der Waals surface area (Å²) in [6.07, 6.45) is 8.04. The van der Waals surface area contributed by atoms with E-state index >= 15 is 0 Å². The number of hydrazone groups is 1. The highest BCUT2D eigenvalue weighted by Gasteiger charge is 2.32. The lowest BCUT2D eigenvalue weighted by atomic mass is 9.98. The summed E-state index contributed by atoms with van der Waals surface area (Å²) < 4.78 is 5.48. The van der Waals surface area contributed by atoms with E-state index in [9.17, 15) is 4.79 Å². The molecule has 1 aliphatic carbocycles. The topological polar surface area (TPSA) is 82.4 Å². The van der Waals surface area contributed by atoms with Gasteiger partial charge < -0.3 is 14.7 Å². The minimum atomic E-state index is -0.197. The molecular formula is C26H28N4O2. The maximum atomic E-state index is 12.5. The molecule has 0 atom stereocenters. The van der Waals surface area contributed by atoms with E-state index in [4.69, 9.17) is 4.42 Å². The fourth-order valence-corrected chi connectivity index (χ4v) is 4.42. The lowest BCUT2D eigenvalue weighted by Crippen LogP contribution is -2.15. The first kappa shape index (κ1) is 20.5. The molecule has 0 spiro atoms. The third-order valence-corrected chi connectivity index (χ3v) is 6.14. The van der Waals surface area contributed by atoms with Crippen molar-refractivity contribution >= 4 is 17.7 Å². The molecule has 3 aromatic rings. The molecule has 0 unspecified atom stereocenters. The van der Waals surface area contributed by atoms with Crippen LogP contribution in [-0.4, -0.2) is 23.1 Å². The van der Waals surface area contributed by atoms with Gasteiger partial charge in [0, 0.05) is 17.9 Å². The highest BCUT2D eigenvalue weighted by atomic mass is 16.3. The Hall–Kier alpha value is -3.38. The molecule has 5 rings (SSSR count). The molecule has 1 saturated carbocycles. The number of carbonyl (C=O) groups is 1. The summed E-state index contributed by atoms with van der Waals surface area (Å²) in [4.78, 5) is 16.0. The Morgan fingerprint density at radius 3 is 2.78 bits per heavy atom. The summed E-state index contributed by atoms with van der Waals surface area (Å²) >= 11 is 0. The quantitative estimate of drug-likeness (QED) is 0.348. The molecule has 2 aromatic heterocycles. The minimum Gasteiger partial charge on any atom is -0.463 e. The smallest absolute Gasteiger partial charge is 0.273 e. The van der Waals surface area contributed by atoms with Gasteiger partial charge in [-0.3, -0.25) is 4.79 Å². The van der Waals surface area contributed by atoms with Gasteiger partial charge in [0.05, 0.1) is 11.8 Å². The Morgan fingerprint density at radius 1 is 1.19 bits per heavy atom. The first-order valence-corrected chi connectivity index (χ1v) is 11.3. The van der Waals surface area contributed by atoms with E-state index in [2.05, 4.69) is 52.0 Å². The summed E-state index contributed by atoms with van der Waals surface area (Å²) in [5.74, 6) is 0.972. The van der Waals surface area contributed by atoms with Crippen LogP contribution in [0.25, 0.3) is 6.08 Å². The molecule has 1 fully saturated rings. The van der Waals surface area contributed by atoms with Crippen LogP contribution in [0.4, 0.5) is 0 Å². The Bertz CT molecular complexity index is 1150. The number of hydrogen-bond acceptors (Lipinski definition) is 4. The number of aryl methyl sites for hydroxylation is 1. The summed E-state index contributed by atoms with van der Waals surface area (Å²) in [5.41, 5.74) is 9.97. The first-order valence-electron chi connectivity index (χ1n) is 11.3. The number of aromatic nitrogens is 1. The van der Waals surface area contributed by atoms with E-state index in [1.807, 2.05) is 18.2 Å². The van der Waals surface area contributed by atoms with E-state index in [1.54, 1.807) is 12.3 Å². The van der Waals surface area contributed by atoms with E-state index in [-0.39, 0.29) is 5.91 Å². The predicted octanol–water partition coefficient (Wildman–Crippen LogP) is 4.43. The van der Waals surface area contributed by atoms with Gasteiger partial charge in [0.2, 0.25) is 0 Å². The lowest BCUT2D eigenvalue weighted by Gasteiger charge is -2.08. The van der Waals surface area contributed by atoms with Gasteiger partial charge in [-0.05, 0) is 80.0 Å². The summed E-state index contributed by atoms with van der Waals surface area (Å²) in [6, 6.07) is 14.1. The van der Waals surface area contributed by atoms with E-state index in [0.29, 0.717) is 23.0 Å². The molecule has 164 valence electrons. The van der Waals surface area contributed by atoms with Crippen molar-refractivity contribution in [1.82, 2.24) is 15.7 Å². The second-order valence-corrected chi connectivity index (χ2v) is 8.53. The third-order valence-electron chi connectivity index (χ3n) is 6.14. The summed E-state index contributed by atoms with van der Waals surface area (Å²) in [7, 11) is 0. The molecule has 1 aromatic carbocycles. The zero-order valence-corrected chi connectivity index (χ0v) is 18.3. The second kappa shape index (κ2) is 9.01. The number of aromatic amines is 1. The number of H-pyrrole nitrogens is 1. The van der Waals surface area contributed by atoms with Crippen molar-refractivity contribution < 1.29 is 9.21 Å². The molecule has 2 aliphatic rings. The van der Waals surface area contributed by atoms with E-state index in [0.717, 1.165) is 31.6 Å². The van der Waals surface area contributed by atoms with Gasteiger partial charge in [-0.2, -0.15) is 5.10 Å². The van der Waals surface area contributed by atoms with Crippen LogP contribution in [-0.2, 0) is 17.8 Å². The van der Waals surface area contributed by atoms with Crippen molar-refractivity contribution in [2.75, 3.05) is 6.54 Å². The van der Waals surface area contributed by atoms with Crippen LogP contribution in [0.5, 0.6) is 0 Å². The van der Waals surface area contributed by atoms with Crippen molar-refractivity contribution in [2.45, 2.75) is 45.1 Å². The molecule has 1 amide bonds. The fourth-order valence-electron chi connectivity index (χ4n) is 4.42. The van der Waals surface area contributed by atoms with Gasteiger partial charge in [0.1, 0.15) is 5.71 Å². The average Bonchev–Trinajstić information content (AvgIpc) is 3.21. The van der Waals surface area contributed by atoms with Crippen LogP contribution in [0.15, 0.2) is 63.8 Å². The number of furan rings is 1. The fraction of sp³-hybridized carbons (Fsp3) is 0.308. The molecule has 0 radical (unpaired) electrons. The van der Waals surface area contributed by atoms with Gasteiger partial charge in [-0.25, -0.2) is 5.43 Å². The normalized spacial score (nSPS) is 17.1. The predicted molar refractivity (Wildman–Crippen MR) is 125 cm³/mol. The third kappa shape index (κ3) is 4.32. The lowest BCUT2D eigenvalue weighted by molar-refractivity contribution is -0.116. The Balaban J connectivity index is 1.31. The molecule has 32 heavy (non-hydrogen) atoms. The Morgan fingerprint density at radius 2 is 2.03 bits per heavy atom. The molecule has 0 bridgehead atoms. The van der Waals surface area contributed by atoms with E-state index in [1.165, 1.54) is 35.2 Å². The second-order valence-electron chi connectivity index (χ2n) is 8.53. The van der Waals surface area contributed by atoms with Crippen molar-refractivity contribution in [1.29, 1.82) is 0 Å². The average molecular weight is 429 g/mol. The monoisotopic (exact) mass is 428 g/mol. The number of nitrogens with one attached hydrogen (secondary N) is 3. The minimum absolute atomic E-state index is 0.197. The SMILES string of the molecule is Cc1[nH]c(C=C2C(=O)NN=C2c2ccco2)c(C2CC2)c1CCCNCc1ccccc1. The number of amides is 1. The van der Waals surface area contributed by atoms with Crippen molar-refractivity contribution in [2.24, 2.45) is 5.10 Å². The number of benzene rings is 1. The number of carbonyl (C=O) groups excluding carboxylic acids is 1. The molecule has 6 heteroatoms. The van der Waals surface area contributed by atoms with Gasteiger partial charge in [0.15, 0.2) is 5.76 Å². The van der Waals surface area contributed by atoms with Crippen LogP contribution in [0.1, 0.15) is 59.0 Å². The Labute approximate surface area is 187 Å². The molecular weight excluding hydrogens is 400 g/mol. The molecule has 1 aliphatic heterocycles. The Kier molecular flexibility index (Phi) is 5.77. The van der Waals surface area contributed by atoms with Crippen molar-refractivity contribution in [3.8, 4) is 0 Å². The van der Waals surface area contributed by atoms with Gasteiger partial charge in [-0.15, -0.1) is 0 Å². The zero-order valence-electron chi connectivity index (χ0n) is 18.3. The number of nitrogens with zero attached hydrogens (tertiary/aromatic N) is 1. The van der Waals surface area contributed by atoms with Crippen LogP contribution in [0, 0.1) is 6.92 Å². The van der Waals surface area contributed by atoms with Gasteiger partial charge in [0.25, 0.3) is 5.91 Å². The zero-order chi connectivity index (χ0) is 21.9. The highest BCUT2D eigenvalue weighted by Crippen LogP contribution is 2.45. The van der Waals surface area contributed by atoms with Gasteiger partial charge >= 0.3 is 0 Å². The molecule has 6 nitrogen and oxygen atoms in total. The summed E-state index contributed by atoms with van der Waals surface area (Å²) in [5, 5.41) is 7.73. The molecule has 0 saturated heterocycles. The largest absolute Gasteiger partial charge is 0.463 e. The first-order chi connectivity index (χ1) is 15.7. The van der Waals surface area contributed by atoms with Crippen LogP contribution >= 0.6 is 0 Å². The standard InChI is InChI=1S/C26H28N4O2/c1-17-20(9-5-13-27-16-18-7-3-2-4-8-18)24(19-11-12-19)22(28-17)15-21-25(29-30-26(21)31)23-10-6-14-32-23/h2-4,6-8,10,14-15,19,27-28H,5,9,11-13,16H2,1H3,(H,30,31). The highest BCUT2D eigenvalue weighted by molar-refractivity contribution is 6.32. The molecule has 3 N–H and O–H groups in total. The van der Waals surface area contributed by atoms with Crippen LogP contribution in [0.3, 0.4) is 0 Å². The van der Waals surface area contributed by atoms with Crippen LogP contribution in [0.2, 0.25) is 0 Å². The molecule has 3 heterocycles. The maximum absolute atomic E-state index is 12.5. The number of rotatable bonds is 9. The van der Waals surface area contributed by atoms with Crippen LogP contribution < -0.4 is 10.7 Å². The van der Waals surface area contributed by atoms with Crippen molar-refractivity contribution in [3.05, 3.63) is 88.1 Å². The number of hydrogen-bond donors (Lipinski definition) is 3. The van der Waals surface area contributed by atoms with Crippen molar-refractivity contribution in [3.63, 3.8) is 0 Å². The van der Waals surface area contributed by atoms with Gasteiger partial charge in [-0.1, -0.05) is 30.3 Å².